The summed E-state index contributed by atoms with van der Waals surface area (Å²) in [6.07, 6.45) is 0. The van der Waals surface area contributed by atoms with Gasteiger partial charge in [-0.15, -0.1) is 0 Å². The first kappa shape index (κ1) is 12.1. The van der Waals surface area contributed by atoms with Crippen LogP contribution >= 0.6 is 0 Å². The van der Waals surface area contributed by atoms with Crippen LogP contribution in [0.15, 0.2) is 36.4 Å². The smallest absolute Gasteiger partial charge is 0.333 e. The van der Waals surface area contributed by atoms with Gasteiger partial charge in [-0.05, 0) is 19.1 Å². The van der Waals surface area contributed by atoms with Gasteiger partial charge in [-0.1, -0.05) is 18.7 Å². The van der Waals surface area contributed by atoms with Gasteiger partial charge in [0.25, 0.3) is 0 Å². The van der Waals surface area contributed by atoms with E-state index in [1.54, 1.807) is 19.1 Å². The van der Waals surface area contributed by atoms with Crippen LogP contribution < -0.4 is 10.5 Å². The molecule has 0 aliphatic heterocycles. The van der Waals surface area contributed by atoms with E-state index in [9.17, 15) is 4.79 Å². The molecule has 86 valence electrons. The molecule has 16 heavy (non-hydrogen) atoms. The van der Waals surface area contributed by atoms with Crippen molar-refractivity contribution < 1.29 is 14.3 Å². The number of hydrogen-bond donors (Lipinski definition) is 1. The Kier molecular flexibility index (Phi) is 4.39. The van der Waals surface area contributed by atoms with E-state index in [1.807, 2.05) is 12.1 Å². The summed E-state index contributed by atoms with van der Waals surface area (Å²) in [7, 11) is 0. The van der Waals surface area contributed by atoms with Crippen LogP contribution in [0.5, 0.6) is 5.75 Å². The molecule has 0 amide bonds. The quantitative estimate of drug-likeness (QED) is 0.356. The fourth-order valence-corrected chi connectivity index (χ4v) is 1.02. The Labute approximate surface area is 94.7 Å². The SMILES string of the molecule is C=C(C)C(=O)OCCOc1ccccc1N. The maximum absolute atomic E-state index is 11.0. The van der Waals surface area contributed by atoms with Crippen LogP contribution in [-0.4, -0.2) is 19.2 Å². The zero-order chi connectivity index (χ0) is 12.0. The minimum absolute atomic E-state index is 0.181. The number of rotatable bonds is 5. The number of anilines is 1. The summed E-state index contributed by atoms with van der Waals surface area (Å²) in [5.74, 6) is 0.179. The number of para-hydroxylation sites is 2. The van der Waals surface area contributed by atoms with E-state index < -0.39 is 5.97 Å². The summed E-state index contributed by atoms with van der Waals surface area (Å²) in [5, 5.41) is 0. The van der Waals surface area contributed by atoms with Crippen molar-refractivity contribution in [2.75, 3.05) is 18.9 Å². The van der Waals surface area contributed by atoms with Crippen molar-refractivity contribution in [1.29, 1.82) is 0 Å². The first-order valence-electron chi connectivity index (χ1n) is 4.91. The molecule has 0 atom stereocenters. The lowest BCUT2D eigenvalue weighted by Gasteiger charge is -2.08. The highest BCUT2D eigenvalue weighted by atomic mass is 16.6. The van der Waals surface area contributed by atoms with E-state index in [0.717, 1.165) is 0 Å². The Morgan fingerprint density at radius 3 is 2.69 bits per heavy atom. The molecular weight excluding hydrogens is 206 g/mol. The van der Waals surface area contributed by atoms with Gasteiger partial charge in [0.2, 0.25) is 0 Å². The maximum atomic E-state index is 11.0. The highest BCUT2D eigenvalue weighted by molar-refractivity contribution is 5.86. The van der Waals surface area contributed by atoms with Crippen molar-refractivity contribution in [3.8, 4) is 5.75 Å². The molecule has 4 heteroatoms. The second-order valence-corrected chi connectivity index (χ2v) is 3.30. The molecule has 1 rings (SSSR count). The summed E-state index contributed by atoms with van der Waals surface area (Å²) in [4.78, 5) is 11.0. The van der Waals surface area contributed by atoms with Crippen LogP contribution in [0.4, 0.5) is 5.69 Å². The first-order valence-corrected chi connectivity index (χ1v) is 4.91. The third-order valence-electron chi connectivity index (χ3n) is 1.84. The predicted octanol–water partition coefficient (Wildman–Crippen LogP) is 1.77. The zero-order valence-electron chi connectivity index (χ0n) is 9.23. The van der Waals surface area contributed by atoms with Gasteiger partial charge in [-0.3, -0.25) is 0 Å². The number of carbonyl (C=O) groups is 1. The topological polar surface area (TPSA) is 61.5 Å². The van der Waals surface area contributed by atoms with Crippen molar-refractivity contribution in [3.05, 3.63) is 36.4 Å². The Balaban J connectivity index is 2.29. The predicted molar refractivity (Wildman–Crippen MR) is 62.1 cm³/mol. The average Bonchev–Trinajstić information content (AvgIpc) is 2.26. The Morgan fingerprint density at radius 1 is 1.38 bits per heavy atom. The van der Waals surface area contributed by atoms with Gasteiger partial charge in [0.15, 0.2) is 0 Å². The molecule has 1 aromatic rings. The minimum Gasteiger partial charge on any atom is -0.488 e. The van der Waals surface area contributed by atoms with Crippen molar-refractivity contribution in [2.24, 2.45) is 0 Å². The fraction of sp³-hybridized carbons (Fsp3) is 0.250. The van der Waals surface area contributed by atoms with E-state index in [1.165, 1.54) is 0 Å². The molecule has 0 aromatic heterocycles. The molecule has 0 spiro atoms. The summed E-state index contributed by atoms with van der Waals surface area (Å²) in [6.45, 7) is 5.52. The van der Waals surface area contributed by atoms with Gasteiger partial charge >= 0.3 is 5.97 Å². The van der Waals surface area contributed by atoms with Gasteiger partial charge in [-0.25, -0.2) is 4.79 Å². The standard InChI is InChI=1S/C12H15NO3/c1-9(2)12(14)16-8-7-15-11-6-4-3-5-10(11)13/h3-6H,1,7-8,13H2,2H3. The van der Waals surface area contributed by atoms with Crippen molar-refractivity contribution in [2.45, 2.75) is 6.92 Å². The number of esters is 1. The average molecular weight is 221 g/mol. The molecule has 0 aliphatic carbocycles. The molecule has 2 N–H and O–H groups in total. The molecule has 1 aromatic carbocycles. The van der Waals surface area contributed by atoms with E-state index in [-0.39, 0.29) is 13.2 Å². The monoisotopic (exact) mass is 221 g/mol. The van der Waals surface area contributed by atoms with E-state index in [4.69, 9.17) is 15.2 Å². The fourth-order valence-electron chi connectivity index (χ4n) is 1.02. The van der Waals surface area contributed by atoms with E-state index in [0.29, 0.717) is 17.0 Å². The molecule has 0 fully saturated rings. The summed E-state index contributed by atoms with van der Waals surface area (Å²) < 4.78 is 10.2. The van der Waals surface area contributed by atoms with Gasteiger partial charge in [0.1, 0.15) is 19.0 Å². The largest absolute Gasteiger partial charge is 0.488 e. The summed E-state index contributed by atoms with van der Waals surface area (Å²) in [6, 6.07) is 7.15. The summed E-state index contributed by atoms with van der Waals surface area (Å²) in [5.41, 5.74) is 6.60. The normalized spacial score (nSPS) is 9.56. The van der Waals surface area contributed by atoms with Crippen molar-refractivity contribution >= 4 is 11.7 Å². The molecule has 4 nitrogen and oxygen atoms in total. The lowest BCUT2D eigenvalue weighted by atomic mass is 10.3. The Hall–Kier alpha value is -1.97. The van der Waals surface area contributed by atoms with E-state index in [2.05, 4.69) is 6.58 Å². The summed E-state index contributed by atoms with van der Waals surface area (Å²) >= 11 is 0. The van der Waals surface area contributed by atoms with E-state index >= 15 is 0 Å². The molecule has 0 unspecified atom stereocenters. The van der Waals surface area contributed by atoms with Gasteiger partial charge < -0.3 is 15.2 Å². The van der Waals surface area contributed by atoms with Crippen LogP contribution in [0.3, 0.4) is 0 Å². The van der Waals surface area contributed by atoms with Crippen molar-refractivity contribution in [1.82, 2.24) is 0 Å². The molecule has 0 bridgehead atoms. The lowest BCUT2D eigenvalue weighted by molar-refractivity contribution is -0.139. The Morgan fingerprint density at radius 2 is 2.06 bits per heavy atom. The molecular formula is C12H15NO3. The number of nitrogens with two attached hydrogens (primary N) is 1. The number of benzene rings is 1. The van der Waals surface area contributed by atoms with Crippen LogP contribution in [0, 0.1) is 0 Å². The number of nitrogen functional groups attached to an aromatic ring is 1. The van der Waals surface area contributed by atoms with Crippen LogP contribution in [0.1, 0.15) is 6.92 Å². The number of carbonyl (C=O) groups excluding carboxylic acids is 1. The lowest BCUT2D eigenvalue weighted by Crippen LogP contribution is -2.12. The van der Waals surface area contributed by atoms with Crippen LogP contribution in [0.25, 0.3) is 0 Å². The molecule has 0 radical (unpaired) electrons. The minimum atomic E-state index is -0.412. The van der Waals surface area contributed by atoms with Crippen molar-refractivity contribution in [3.63, 3.8) is 0 Å². The maximum Gasteiger partial charge on any atom is 0.333 e. The van der Waals surface area contributed by atoms with Gasteiger partial charge in [0.05, 0.1) is 5.69 Å². The van der Waals surface area contributed by atoms with Gasteiger partial charge in [-0.2, -0.15) is 0 Å². The van der Waals surface area contributed by atoms with Gasteiger partial charge in [0, 0.05) is 5.57 Å². The molecule has 0 saturated heterocycles. The highest BCUT2D eigenvalue weighted by Gasteiger charge is 2.03. The Bertz CT molecular complexity index is 388. The zero-order valence-corrected chi connectivity index (χ0v) is 9.23. The third-order valence-corrected chi connectivity index (χ3v) is 1.84. The first-order chi connectivity index (χ1) is 7.61. The number of ether oxygens (including phenoxy) is 2. The van der Waals surface area contributed by atoms with Crippen LogP contribution in [0.2, 0.25) is 0 Å². The second-order valence-electron chi connectivity index (χ2n) is 3.30. The second kappa shape index (κ2) is 5.80. The highest BCUT2D eigenvalue weighted by Crippen LogP contribution is 2.19. The third kappa shape index (κ3) is 3.65. The van der Waals surface area contributed by atoms with Crippen LogP contribution in [-0.2, 0) is 9.53 Å². The molecule has 0 saturated carbocycles. The number of hydrogen-bond acceptors (Lipinski definition) is 4. The molecule has 0 aliphatic rings. The molecule has 0 heterocycles.